The number of nitrogens with one attached hydrogen (secondary N) is 1. The molecule has 0 radical (unpaired) electrons. The zero-order valence-corrected chi connectivity index (χ0v) is 11.3. The molecule has 2 aromatic rings. The van der Waals surface area contributed by atoms with Gasteiger partial charge in [0.15, 0.2) is 0 Å². The van der Waals surface area contributed by atoms with Gasteiger partial charge in [0.05, 0.1) is 11.4 Å². The van der Waals surface area contributed by atoms with Crippen LogP contribution in [0.3, 0.4) is 0 Å². The Labute approximate surface area is 120 Å². The standard InChI is InChI=1S/C14H12N4OS/c15-14(19)11-2-1-3-12(8-11)18-17-13(9-20-18)10-4-6-16-7-5-10/h1-9,17H,(H2,15,19). The molecule has 3 N–H and O–H groups in total. The largest absolute Gasteiger partial charge is 0.366 e. The van der Waals surface area contributed by atoms with Gasteiger partial charge >= 0.3 is 0 Å². The fraction of sp³-hybridized carbons (Fsp3) is 0. The van der Waals surface area contributed by atoms with Gasteiger partial charge in [0.2, 0.25) is 5.91 Å². The minimum atomic E-state index is -0.432. The number of hydrogen-bond donors (Lipinski definition) is 2. The van der Waals surface area contributed by atoms with Gasteiger partial charge in [-0.05, 0) is 30.3 Å². The first-order valence-electron chi connectivity index (χ1n) is 5.98. The summed E-state index contributed by atoms with van der Waals surface area (Å²) in [4.78, 5) is 15.2. The van der Waals surface area contributed by atoms with Crippen LogP contribution in [0.1, 0.15) is 15.9 Å². The fourth-order valence-electron chi connectivity index (χ4n) is 1.84. The van der Waals surface area contributed by atoms with Gasteiger partial charge in [-0.1, -0.05) is 6.07 Å². The fourth-order valence-corrected chi connectivity index (χ4v) is 2.63. The molecule has 0 spiro atoms. The highest BCUT2D eigenvalue weighted by Crippen LogP contribution is 2.31. The number of pyridine rings is 1. The predicted octanol–water partition coefficient (Wildman–Crippen LogP) is 2.15. The van der Waals surface area contributed by atoms with Gasteiger partial charge in [0.1, 0.15) is 0 Å². The van der Waals surface area contributed by atoms with Crippen molar-refractivity contribution in [3.63, 3.8) is 0 Å². The first kappa shape index (κ1) is 12.6. The molecule has 0 unspecified atom stereocenters. The molecule has 0 bridgehead atoms. The number of carbonyl (C=O) groups excluding carboxylic acids is 1. The van der Waals surface area contributed by atoms with E-state index in [1.165, 1.54) is 11.9 Å². The summed E-state index contributed by atoms with van der Waals surface area (Å²) in [5, 5.41) is 2.01. The summed E-state index contributed by atoms with van der Waals surface area (Å²) in [5.41, 5.74) is 12.0. The molecule has 20 heavy (non-hydrogen) atoms. The molecule has 1 aromatic carbocycles. The lowest BCUT2D eigenvalue weighted by Gasteiger charge is -2.19. The summed E-state index contributed by atoms with van der Waals surface area (Å²) >= 11 is 1.51. The van der Waals surface area contributed by atoms with Crippen molar-refractivity contribution < 1.29 is 4.79 Å². The molecule has 1 amide bonds. The van der Waals surface area contributed by atoms with Gasteiger partial charge in [-0.15, -0.1) is 0 Å². The molecule has 1 aliphatic heterocycles. The van der Waals surface area contributed by atoms with Crippen LogP contribution in [-0.2, 0) is 0 Å². The highest BCUT2D eigenvalue weighted by molar-refractivity contribution is 8.03. The van der Waals surface area contributed by atoms with Crippen molar-refractivity contribution in [2.24, 2.45) is 5.73 Å². The summed E-state index contributed by atoms with van der Waals surface area (Å²) in [6, 6.07) is 11.0. The van der Waals surface area contributed by atoms with E-state index in [0.29, 0.717) is 5.56 Å². The summed E-state index contributed by atoms with van der Waals surface area (Å²) < 4.78 is 1.88. The Morgan fingerprint density at radius 2 is 2.05 bits per heavy atom. The average molecular weight is 284 g/mol. The molecule has 100 valence electrons. The number of carbonyl (C=O) groups is 1. The second kappa shape index (κ2) is 5.26. The van der Waals surface area contributed by atoms with Crippen LogP contribution in [0, 0.1) is 0 Å². The molecule has 3 rings (SSSR count). The monoisotopic (exact) mass is 284 g/mol. The Hall–Kier alpha value is -2.47. The van der Waals surface area contributed by atoms with E-state index in [4.69, 9.17) is 5.73 Å². The van der Waals surface area contributed by atoms with Crippen LogP contribution in [0.25, 0.3) is 5.70 Å². The Bertz CT molecular complexity index is 672. The lowest BCUT2D eigenvalue weighted by Crippen LogP contribution is -2.26. The van der Waals surface area contributed by atoms with Crippen LogP contribution in [-0.4, -0.2) is 10.9 Å². The van der Waals surface area contributed by atoms with Crippen LogP contribution in [0.5, 0.6) is 0 Å². The quantitative estimate of drug-likeness (QED) is 0.845. The van der Waals surface area contributed by atoms with E-state index in [1.54, 1.807) is 24.5 Å². The summed E-state index contributed by atoms with van der Waals surface area (Å²) in [6.07, 6.45) is 3.50. The van der Waals surface area contributed by atoms with Crippen LogP contribution in [0.15, 0.2) is 54.2 Å². The van der Waals surface area contributed by atoms with E-state index >= 15 is 0 Å². The summed E-state index contributed by atoms with van der Waals surface area (Å²) in [5.74, 6) is -0.432. The third-order valence-corrected chi connectivity index (χ3v) is 3.71. The molecule has 0 aliphatic carbocycles. The van der Waals surface area contributed by atoms with Crippen molar-refractivity contribution in [3.05, 3.63) is 65.3 Å². The van der Waals surface area contributed by atoms with E-state index in [-0.39, 0.29) is 0 Å². The normalized spacial score (nSPS) is 13.8. The number of aromatic nitrogens is 1. The molecule has 2 heterocycles. The zero-order valence-electron chi connectivity index (χ0n) is 10.5. The molecule has 1 aliphatic rings. The maximum Gasteiger partial charge on any atom is 0.248 e. The first-order valence-corrected chi connectivity index (χ1v) is 6.82. The van der Waals surface area contributed by atoms with E-state index in [1.807, 2.05) is 34.1 Å². The predicted molar refractivity (Wildman–Crippen MR) is 80.4 cm³/mol. The second-order valence-electron chi connectivity index (χ2n) is 4.19. The minimum absolute atomic E-state index is 0.432. The summed E-state index contributed by atoms with van der Waals surface area (Å²) in [7, 11) is 0. The van der Waals surface area contributed by atoms with Crippen LogP contribution in [0.4, 0.5) is 5.69 Å². The number of amides is 1. The van der Waals surface area contributed by atoms with Gasteiger partial charge in [-0.25, -0.2) is 4.41 Å². The smallest absolute Gasteiger partial charge is 0.248 e. The maximum atomic E-state index is 11.2. The lowest BCUT2D eigenvalue weighted by molar-refractivity contribution is 0.100. The number of rotatable bonds is 3. The van der Waals surface area contributed by atoms with Crippen molar-refractivity contribution in [2.75, 3.05) is 4.41 Å². The van der Waals surface area contributed by atoms with Crippen molar-refractivity contribution in [3.8, 4) is 0 Å². The molecule has 1 aromatic heterocycles. The average Bonchev–Trinajstić information content (AvgIpc) is 2.98. The van der Waals surface area contributed by atoms with Crippen molar-refractivity contribution in [1.82, 2.24) is 10.4 Å². The molecule has 6 heteroatoms. The number of nitrogens with zero attached hydrogens (tertiary/aromatic N) is 2. The second-order valence-corrected chi connectivity index (χ2v) is 5.01. The first-order chi connectivity index (χ1) is 9.74. The molecule has 0 saturated carbocycles. The van der Waals surface area contributed by atoms with E-state index in [9.17, 15) is 4.79 Å². The Morgan fingerprint density at radius 3 is 2.80 bits per heavy atom. The number of hydrogen-bond acceptors (Lipinski definition) is 5. The highest BCUT2D eigenvalue weighted by atomic mass is 32.2. The topological polar surface area (TPSA) is 71.2 Å². The number of nitrogens with two attached hydrogens (primary N) is 1. The van der Waals surface area contributed by atoms with Gasteiger partial charge in [0, 0.05) is 40.9 Å². The maximum absolute atomic E-state index is 11.2. The zero-order chi connectivity index (χ0) is 13.9. The Balaban J connectivity index is 1.79. The molecular weight excluding hydrogens is 272 g/mol. The summed E-state index contributed by atoms with van der Waals surface area (Å²) in [6.45, 7) is 0. The molecular formula is C14H12N4OS. The van der Waals surface area contributed by atoms with Crippen LogP contribution >= 0.6 is 11.9 Å². The molecule has 0 fully saturated rings. The minimum Gasteiger partial charge on any atom is -0.366 e. The van der Waals surface area contributed by atoms with E-state index in [0.717, 1.165) is 16.9 Å². The highest BCUT2D eigenvalue weighted by Gasteiger charge is 2.17. The van der Waals surface area contributed by atoms with Crippen molar-refractivity contribution >= 4 is 29.2 Å². The lowest BCUT2D eigenvalue weighted by atomic mass is 10.2. The Kier molecular flexibility index (Phi) is 3.30. The number of anilines is 1. The molecule has 5 nitrogen and oxygen atoms in total. The molecule has 0 atom stereocenters. The van der Waals surface area contributed by atoms with Gasteiger partial charge in [-0.3, -0.25) is 15.2 Å². The number of primary amides is 1. The van der Waals surface area contributed by atoms with E-state index < -0.39 is 5.91 Å². The number of benzene rings is 1. The van der Waals surface area contributed by atoms with Gasteiger partial charge in [0.25, 0.3) is 0 Å². The van der Waals surface area contributed by atoms with Crippen molar-refractivity contribution in [1.29, 1.82) is 0 Å². The van der Waals surface area contributed by atoms with E-state index in [2.05, 4.69) is 10.4 Å². The Morgan fingerprint density at radius 1 is 1.25 bits per heavy atom. The third-order valence-electron chi connectivity index (χ3n) is 2.85. The van der Waals surface area contributed by atoms with Crippen LogP contribution < -0.4 is 15.6 Å². The van der Waals surface area contributed by atoms with Crippen molar-refractivity contribution in [2.45, 2.75) is 0 Å². The third kappa shape index (κ3) is 2.46. The van der Waals surface area contributed by atoms with Gasteiger partial charge in [-0.2, -0.15) is 0 Å². The molecule has 0 saturated heterocycles. The number of hydrazine groups is 1. The SMILES string of the molecule is NC(=O)c1cccc(N2NC(c3ccncc3)=CS2)c1. The van der Waals surface area contributed by atoms with Gasteiger partial charge < -0.3 is 5.73 Å². The van der Waals surface area contributed by atoms with Crippen LogP contribution in [0.2, 0.25) is 0 Å².